The molecular weight excluding hydrogens is 444 g/mol. The average molecular weight is 473 g/mol. The Morgan fingerprint density at radius 2 is 1.73 bits per heavy atom. The van der Waals surface area contributed by atoms with E-state index in [0.29, 0.717) is 12.4 Å². The summed E-state index contributed by atoms with van der Waals surface area (Å²) < 4.78 is 50.4. The largest absolute Gasteiger partial charge is 0.468 e. The molecule has 0 spiro atoms. The Morgan fingerprint density at radius 1 is 1.03 bits per heavy atom. The van der Waals surface area contributed by atoms with Crippen molar-refractivity contribution in [3.8, 4) is 0 Å². The molecule has 8 heteroatoms. The maximum absolute atomic E-state index is 13.8. The van der Waals surface area contributed by atoms with Crippen LogP contribution in [0.2, 0.25) is 0 Å². The van der Waals surface area contributed by atoms with Crippen molar-refractivity contribution < 1.29 is 32.2 Å². The number of aryl methyl sites for hydroxylation is 1. The third-order valence-corrected chi connectivity index (χ3v) is 8.17. The second-order valence-corrected chi connectivity index (χ2v) is 10.3. The number of esters is 1. The number of allylic oxidation sites excluding steroid dienone is 1. The summed E-state index contributed by atoms with van der Waals surface area (Å²) >= 11 is 0. The first kappa shape index (κ1) is 23.5. The normalized spacial score (nSPS) is 24.5. The smallest absolute Gasteiger partial charge is 0.337 e. The lowest BCUT2D eigenvalue weighted by molar-refractivity contribution is -0.139. The van der Waals surface area contributed by atoms with Gasteiger partial charge < -0.3 is 18.9 Å². The molecule has 0 saturated carbocycles. The standard InChI is InChI=1S/C25H28O7S/c1-4-30-24(26)21-17(3)31-25-22(21)23(33(27,28)19-12-10-16(2)11-13-19)20(32-25)15-29-14-18-8-6-5-7-9-18/h5-13,20,22-23,25H,4,14-15H2,1-3H3/t20-,22-,23+,25+/m1/s1. The highest BCUT2D eigenvalue weighted by Gasteiger charge is 2.59. The van der Waals surface area contributed by atoms with Crippen molar-refractivity contribution in [3.63, 3.8) is 0 Å². The summed E-state index contributed by atoms with van der Waals surface area (Å²) in [6.07, 6.45) is -1.70. The number of carbonyl (C=O) groups is 1. The Balaban J connectivity index is 1.65. The van der Waals surface area contributed by atoms with Gasteiger partial charge in [-0.1, -0.05) is 48.0 Å². The van der Waals surface area contributed by atoms with E-state index in [0.717, 1.165) is 11.1 Å². The lowest BCUT2D eigenvalue weighted by Crippen LogP contribution is -2.39. The van der Waals surface area contributed by atoms with Crippen LogP contribution in [0, 0.1) is 12.8 Å². The predicted molar refractivity (Wildman–Crippen MR) is 121 cm³/mol. The van der Waals surface area contributed by atoms with Crippen LogP contribution in [0.15, 0.2) is 70.8 Å². The molecule has 7 nitrogen and oxygen atoms in total. The fourth-order valence-electron chi connectivity index (χ4n) is 4.36. The van der Waals surface area contributed by atoms with Crippen LogP contribution in [0.25, 0.3) is 0 Å². The molecule has 2 heterocycles. The molecule has 2 aromatic carbocycles. The van der Waals surface area contributed by atoms with Gasteiger partial charge >= 0.3 is 5.97 Å². The molecule has 0 bridgehead atoms. The van der Waals surface area contributed by atoms with Crippen molar-refractivity contribution in [1.82, 2.24) is 0 Å². The fourth-order valence-corrected chi connectivity index (χ4v) is 6.38. The third kappa shape index (κ3) is 4.69. The Hall–Kier alpha value is -2.68. The van der Waals surface area contributed by atoms with Gasteiger partial charge in [0.25, 0.3) is 0 Å². The van der Waals surface area contributed by atoms with Crippen molar-refractivity contribution in [2.24, 2.45) is 5.92 Å². The van der Waals surface area contributed by atoms with Crippen molar-refractivity contribution >= 4 is 15.8 Å². The van der Waals surface area contributed by atoms with Gasteiger partial charge in [0.2, 0.25) is 6.29 Å². The van der Waals surface area contributed by atoms with Gasteiger partial charge in [-0.05, 0) is 38.5 Å². The van der Waals surface area contributed by atoms with E-state index in [4.69, 9.17) is 18.9 Å². The number of hydrogen-bond donors (Lipinski definition) is 0. The number of ether oxygens (including phenoxy) is 4. The first-order chi connectivity index (χ1) is 15.8. The van der Waals surface area contributed by atoms with Crippen LogP contribution in [0.5, 0.6) is 0 Å². The second kappa shape index (κ2) is 9.67. The summed E-state index contributed by atoms with van der Waals surface area (Å²) in [6, 6.07) is 16.3. The van der Waals surface area contributed by atoms with E-state index in [1.807, 2.05) is 37.3 Å². The van der Waals surface area contributed by atoms with Crippen LogP contribution < -0.4 is 0 Å². The Kier molecular flexibility index (Phi) is 6.88. The van der Waals surface area contributed by atoms with Crippen molar-refractivity contribution in [2.75, 3.05) is 13.2 Å². The molecule has 0 aliphatic carbocycles. The predicted octanol–water partition coefficient (Wildman–Crippen LogP) is 3.56. The van der Waals surface area contributed by atoms with E-state index >= 15 is 0 Å². The minimum Gasteiger partial charge on any atom is -0.468 e. The summed E-state index contributed by atoms with van der Waals surface area (Å²) in [7, 11) is -3.89. The molecule has 0 unspecified atom stereocenters. The number of fused-ring (bicyclic) bond motifs is 1. The average Bonchev–Trinajstić information content (AvgIpc) is 3.28. The SMILES string of the molecule is CCOC(=O)C1=C(C)O[C@H]2O[C@H](COCc3ccccc3)[C@H](S(=O)(=O)c3ccc(C)cc3)[C@@H]12. The zero-order chi connectivity index (χ0) is 23.6. The van der Waals surface area contributed by atoms with Crippen molar-refractivity contribution in [1.29, 1.82) is 0 Å². The quantitative estimate of drug-likeness (QED) is 0.543. The topological polar surface area (TPSA) is 88.1 Å². The van der Waals surface area contributed by atoms with Crippen LogP contribution in [-0.2, 0) is 40.2 Å². The van der Waals surface area contributed by atoms with Gasteiger partial charge in [0.1, 0.15) is 17.1 Å². The zero-order valence-electron chi connectivity index (χ0n) is 18.9. The zero-order valence-corrected chi connectivity index (χ0v) is 19.7. The molecule has 2 aliphatic heterocycles. The molecule has 0 aromatic heterocycles. The Bertz CT molecular complexity index is 1120. The molecule has 4 atom stereocenters. The van der Waals surface area contributed by atoms with Gasteiger partial charge in [0, 0.05) is 0 Å². The summed E-state index contributed by atoms with van der Waals surface area (Å²) in [5.41, 5.74) is 2.13. The molecule has 2 aliphatic rings. The highest BCUT2D eigenvalue weighted by molar-refractivity contribution is 7.92. The monoisotopic (exact) mass is 472 g/mol. The molecule has 0 amide bonds. The minimum absolute atomic E-state index is 0.0379. The molecule has 0 radical (unpaired) electrons. The lowest BCUT2D eigenvalue weighted by Gasteiger charge is -2.23. The highest BCUT2D eigenvalue weighted by Crippen LogP contribution is 2.46. The number of benzene rings is 2. The summed E-state index contributed by atoms with van der Waals surface area (Å²) in [4.78, 5) is 12.9. The molecule has 176 valence electrons. The maximum Gasteiger partial charge on any atom is 0.337 e. The van der Waals surface area contributed by atoms with Gasteiger partial charge in [-0.2, -0.15) is 0 Å². The van der Waals surface area contributed by atoms with E-state index in [1.165, 1.54) is 0 Å². The van der Waals surface area contributed by atoms with Crippen LogP contribution in [0.4, 0.5) is 0 Å². The third-order valence-electron chi connectivity index (χ3n) is 5.92. The van der Waals surface area contributed by atoms with Crippen LogP contribution >= 0.6 is 0 Å². The van der Waals surface area contributed by atoms with E-state index in [-0.39, 0.29) is 23.7 Å². The maximum atomic E-state index is 13.8. The minimum atomic E-state index is -3.89. The van der Waals surface area contributed by atoms with Crippen LogP contribution in [0.3, 0.4) is 0 Å². The number of sulfone groups is 1. The fraction of sp³-hybridized carbons (Fsp3) is 0.400. The first-order valence-electron chi connectivity index (χ1n) is 10.9. The molecule has 1 saturated heterocycles. The number of hydrogen-bond acceptors (Lipinski definition) is 7. The van der Waals surface area contributed by atoms with Gasteiger partial charge in [-0.3, -0.25) is 0 Å². The first-order valence-corrected chi connectivity index (χ1v) is 12.5. The van der Waals surface area contributed by atoms with E-state index in [2.05, 4.69) is 0 Å². The highest BCUT2D eigenvalue weighted by atomic mass is 32.2. The van der Waals surface area contributed by atoms with Crippen LogP contribution in [0.1, 0.15) is 25.0 Å². The van der Waals surface area contributed by atoms with E-state index < -0.39 is 39.4 Å². The molecule has 33 heavy (non-hydrogen) atoms. The molecule has 2 aromatic rings. The van der Waals surface area contributed by atoms with Crippen molar-refractivity contribution in [3.05, 3.63) is 77.1 Å². The van der Waals surface area contributed by atoms with Crippen LogP contribution in [-0.4, -0.2) is 45.2 Å². The number of rotatable bonds is 8. The molecule has 4 rings (SSSR count). The van der Waals surface area contributed by atoms with Gasteiger partial charge in [-0.15, -0.1) is 0 Å². The van der Waals surface area contributed by atoms with Gasteiger partial charge in [0.05, 0.1) is 36.2 Å². The second-order valence-electron chi connectivity index (χ2n) is 8.20. The number of carbonyl (C=O) groups excluding carboxylic acids is 1. The van der Waals surface area contributed by atoms with Gasteiger partial charge in [0.15, 0.2) is 9.84 Å². The lowest BCUT2D eigenvalue weighted by atomic mass is 9.95. The molecule has 0 N–H and O–H groups in total. The summed E-state index contributed by atoms with van der Waals surface area (Å²) in [5.74, 6) is -1.06. The Morgan fingerprint density at radius 3 is 2.39 bits per heavy atom. The summed E-state index contributed by atoms with van der Waals surface area (Å²) in [5, 5.41) is -1.06. The molecule has 1 fully saturated rings. The van der Waals surface area contributed by atoms with E-state index in [1.54, 1.807) is 38.1 Å². The Labute approximate surface area is 194 Å². The van der Waals surface area contributed by atoms with Crippen molar-refractivity contribution in [2.45, 2.75) is 49.9 Å². The summed E-state index contributed by atoms with van der Waals surface area (Å²) in [6.45, 7) is 5.75. The molecular formula is C25H28O7S. The van der Waals surface area contributed by atoms with E-state index in [9.17, 15) is 13.2 Å². The van der Waals surface area contributed by atoms with Gasteiger partial charge in [-0.25, -0.2) is 13.2 Å².